The Balaban J connectivity index is 0.00000225. The second-order valence-corrected chi connectivity index (χ2v) is 9.14. The molecule has 0 spiro atoms. The summed E-state index contributed by atoms with van der Waals surface area (Å²) in [5, 5.41) is 0.855. The maximum Gasteiger partial charge on any atom is 0.231 e. The fourth-order valence-electron chi connectivity index (χ4n) is 3.89. The molecule has 5 nitrogen and oxygen atoms in total. The lowest BCUT2D eigenvalue weighted by Gasteiger charge is -2.30. The molecule has 8 heteroatoms. The number of hydrogen-bond donors (Lipinski definition) is 0. The van der Waals surface area contributed by atoms with Crippen molar-refractivity contribution in [3.63, 3.8) is 0 Å². The van der Waals surface area contributed by atoms with E-state index >= 15 is 0 Å². The van der Waals surface area contributed by atoms with E-state index in [0.29, 0.717) is 6.54 Å². The molecule has 1 aromatic carbocycles. The van der Waals surface area contributed by atoms with Gasteiger partial charge < -0.3 is 4.74 Å². The summed E-state index contributed by atoms with van der Waals surface area (Å²) in [4.78, 5) is 23.7. The molecular formula is C20H28ClN3O2S2. The number of nitrogens with zero attached hydrogens (tertiary/aromatic N) is 3. The smallest absolute Gasteiger partial charge is 0.231 e. The number of hydrogen-bond acceptors (Lipinski definition) is 6. The molecule has 2 aliphatic rings. The zero-order valence-electron chi connectivity index (χ0n) is 16.3. The number of rotatable bonds is 6. The number of aromatic nitrogens is 1. The predicted molar refractivity (Wildman–Crippen MR) is 120 cm³/mol. The largest absolute Gasteiger partial charge is 0.379 e. The van der Waals surface area contributed by atoms with Crippen LogP contribution in [0.25, 0.3) is 10.2 Å². The molecule has 1 aliphatic heterocycles. The lowest BCUT2D eigenvalue weighted by Crippen LogP contribution is -2.44. The normalized spacial score (nSPS) is 18.3. The maximum absolute atomic E-state index is 13.3. The first kappa shape index (κ1) is 21.8. The summed E-state index contributed by atoms with van der Waals surface area (Å²) in [5.41, 5.74) is 0.989. The van der Waals surface area contributed by atoms with Gasteiger partial charge in [0.2, 0.25) is 5.91 Å². The van der Waals surface area contributed by atoms with E-state index in [1.54, 1.807) is 23.1 Å². The number of benzene rings is 1. The van der Waals surface area contributed by atoms with Crippen molar-refractivity contribution in [3.8, 4) is 0 Å². The van der Waals surface area contributed by atoms with E-state index in [4.69, 9.17) is 9.72 Å². The summed E-state index contributed by atoms with van der Waals surface area (Å²) >= 11 is 3.38. The van der Waals surface area contributed by atoms with Crippen LogP contribution >= 0.6 is 35.5 Å². The molecule has 2 aromatic rings. The van der Waals surface area contributed by atoms with Crippen LogP contribution in [-0.2, 0) is 9.53 Å². The quantitative estimate of drug-likeness (QED) is 0.625. The highest BCUT2D eigenvalue weighted by Crippen LogP contribution is 2.34. The van der Waals surface area contributed by atoms with Gasteiger partial charge in [-0.1, -0.05) is 24.2 Å². The summed E-state index contributed by atoms with van der Waals surface area (Å²) in [6.45, 7) is 5.06. The average Bonchev–Trinajstić information content (AvgIpc) is 3.38. The van der Waals surface area contributed by atoms with Crippen LogP contribution in [0.5, 0.6) is 0 Å². The van der Waals surface area contributed by atoms with Gasteiger partial charge in [-0.3, -0.25) is 14.6 Å². The first-order valence-corrected chi connectivity index (χ1v) is 11.8. The standard InChI is InChI=1S/C20H27N3O2S2.ClH/c1-26-16-6-7-17-18(14-16)27-20(21-17)23(19(24)15-4-2-3-5-15)9-8-22-10-12-25-13-11-22;/h6-7,14-15H,2-5,8-13H2,1H3;1H. The van der Waals surface area contributed by atoms with Crippen LogP contribution in [0, 0.1) is 5.92 Å². The van der Waals surface area contributed by atoms with Crippen molar-refractivity contribution in [1.82, 2.24) is 9.88 Å². The lowest BCUT2D eigenvalue weighted by molar-refractivity contribution is -0.122. The molecule has 0 bridgehead atoms. The number of anilines is 1. The Bertz CT molecular complexity index is 789. The number of ether oxygens (including phenoxy) is 1. The molecule has 1 saturated carbocycles. The minimum atomic E-state index is 0. The Morgan fingerprint density at radius 1 is 1.32 bits per heavy atom. The third-order valence-corrected chi connectivity index (χ3v) is 7.30. The summed E-state index contributed by atoms with van der Waals surface area (Å²) < 4.78 is 6.61. The minimum Gasteiger partial charge on any atom is -0.379 e. The molecule has 0 unspecified atom stereocenters. The van der Waals surface area contributed by atoms with Crippen LogP contribution in [0.1, 0.15) is 25.7 Å². The van der Waals surface area contributed by atoms with Gasteiger partial charge in [0, 0.05) is 37.0 Å². The number of fused-ring (bicyclic) bond motifs is 1. The zero-order chi connectivity index (χ0) is 18.6. The van der Waals surface area contributed by atoms with Crippen LogP contribution in [0.3, 0.4) is 0 Å². The highest BCUT2D eigenvalue weighted by atomic mass is 35.5. The zero-order valence-corrected chi connectivity index (χ0v) is 18.7. The molecule has 1 aliphatic carbocycles. The lowest BCUT2D eigenvalue weighted by atomic mass is 10.1. The Kier molecular flexibility index (Phi) is 8.00. The van der Waals surface area contributed by atoms with Gasteiger partial charge in [0.15, 0.2) is 5.13 Å². The van der Waals surface area contributed by atoms with Crippen LogP contribution in [-0.4, -0.2) is 61.4 Å². The predicted octanol–water partition coefficient (Wildman–Crippen LogP) is 4.30. The topological polar surface area (TPSA) is 45.7 Å². The summed E-state index contributed by atoms with van der Waals surface area (Å²) in [6, 6.07) is 6.36. The van der Waals surface area contributed by atoms with Crippen LogP contribution < -0.4 is 4.90 Å². The Labute approximate surface area is 181 Å². The molecule has 2 fully saturated rings. The fourth-order valence-corrected chi connectivity index (χ4v) is 5.45. The second-order valence-electron chi connectivity index (χ2n) is 7.26. The van der Waals surface area contributed by atoms with Crippen molar-refractivity contribution >= 4 is 56.8 Å². The van der Waals surface area contributed by atoms with Crippen molar-refractivity contribution in [3.05, 3.63) is 18.2 Å². The molecule has 0 radical (unpaired) electrons. The van der Waals surface area contributed by atoms with E-state index in [9.17, 15) is 4.79 Å². The van der Waals surface area contributed by atoms with Crippen molar-refractivity contribution < 1.29 is 9.53 Å². The molecule has 2 heterocycles. The van der Waals surface area contributed by atoms with E-state index in [-0.39, 0.29) is 24.2 Å². The highest BCUT2D eigenvalue weighted by Gasteiger charge is 2.30. The Morgan fingerprint density at radius 3 is 2.79 bits per heavy atom. The third-order valence-electron chi connectivity index (χ3n) is 5.53. The van der Waals surface area contributed by atoms with Gasteiger partial charge >= 0.3 is 0 Å². The summed E-state index contributed by atoms with van der Waals surface area (Å²) in [5.74, 6) is 0.438. The van der Waals surface area contributed by atoms with Gasteiger partial charge in [-0.2, -0.15) is 0 Å². The van der Waals surface area contributed by atoms with Gasteiger partial charge in [-0.25, -0.2) is 4.98 Å². The summed E-state index contributed by atoms with van der Waals surface area (Å²) in [7, 11) is 0. The number of morpholine rings is 1. The van der Waals surface area contributed by atoms with E-state index in [1.807, 2.05) is 4.90 Å². The highest BCUT2D eigenvalue weighted by molar-refractivity contribution is 7.98. The number of amides is 1. The Hall–Kier alpha value is -0.860. The molecule has 154 valence electrons. The number of thiazole rings is 1. The van der Waals surface area contributed by atoms with Crippen LogP contribution in [0.4, 0.5) is 5.13 Å². The number of carbonyl (C=O) groups excluding carboxylic acids is 1. The molecule has 0 atom stereocenters. The summed E-state index contributed by atoms with van der Waals surface area (Å²) in [6.07, 6.45) is 6.47. The van der Waals surface area contributed by atoms with Crippen molar-refractivity contribution in [2.24, 2.45) is 5.92 Å². The average molecular weight is 442 g/mol. The van der Waals surface area contributed by atoms with Crippen LogP contribution in [0.15, 0.2) is 23.1 Å². The molecule has 1 saturated heterocycles. The Morgan fingerprint density at radius 2 is 2.07 bits per heavy atom. The van der Waals surface area contributed by atoms with Gasteiger partial charge in [-0.15, -0.1) is 24.2 Å². The molecule has 4 rings (SSSR count). The van der Waals surface area contributed by atoms with E-state index in [2.05, 4.69) is 29.4 Å². The SMILES string of the molecule is CSc1ccc2nc(N(CCN3CCOCC3)C(=O)C3CCCC3)sc2c1.Cl. The van der Waals surface area contributed by atoms with Crippen molar-refractivity contribution in [2.75, 3.05) is 50.5 Å². The molecule has 28 heavy (non-hydrogen) atoms. The first-order chi connectivity index (χ1) is 13.2. The van der Waals surface area contributed by atoms with Crippen molar-refractivity contribution in [2.45, 2.75) is 30.6 Å². The van der Waals surface area contributed by atoms with Gasteiger partial charge in [0.25, 0.3) is 0 Å². The number of carbonyl (C=O) groups is 1. The van der Waals surface area contributed by atoms with Gasteiger partial charge in [0.1, 0.15) is 0 Å². The number of halogens is 1. The van der Waals surface area contributed by atoms with E-state index in [1.165, 1.54) is 17.7 Å². The second kappa shape index (κ2) is 10.3. The van der Waals surface area contributed by atoms with E-state index < -0.39 is 0 Å². The molecular weight excluding hydrogens is 414 g/mol. The number of thioether (sulfide) groups is 1. The molecule has 0 N–H and O–H groups in total. The maximum atomic E-state index is 13.3. The fraction of sp³-hybridized carbons (Fsp3) is 0.600. The van der Waals surface area contributed by atoms with Crippen molar-refractivity contribution in [1.29, 1.82) is 0 Å². The van der Waals surface area contributed by atoms with E-state index in [0.717, 1.165) is 61.0 Å². The van der Waals surface area contributed by atoms with Gasteiger partial charge in [0.05, 0.1) is 23.4 Å². The third kappa shape index (κ3) is 5.00. The molecule has 1 aromatic heterocycles. The van der Waals surface area contributed by atoms with Crippen LogP contribution in [0.2, 0.25) is 0 Å². The monoisotopic (exact) mass is 441 g/mol. The van der Waals surface area contributed by atoms with Gasteiger partial charge in [-0.05, 0) is 37.3 Å². The first-order valence-electron chi connectivity index (χ1n) is 9.80. The molecule has 1 amide bonds. The minimum absolute atomic E-state index is 0.